The Labute approximate surface area is 199 Å². The molecule has 2 aromatic rings. The number of aromatic nitrogens is 4. The van der Waals surface area contributed by atoms with Crippen molar-refractivity contribution in [2.24, 2.45) is 5.92 Å². The van der Waals surface area contributed by atoms with Crippen molar-refractivity contribution in [3.05, 3.63) is 24.0 Å². The van der Waals surface area contributed by atoms with Gasteiger partial charge in [0.2, 0.25) is 5.88 Å². The second-order valence-corrected chi connectivity index (χ2v) is 8.75. The average molecular weight is 502 g/mol. The van der Waals surface area contributed by atoms with Crippen molar-refractivity contribution < 1.29 is 37.3 Å². The minimum absolute atomic E-state index is 0.0850. The van der Waals surface area contributed by atoms with Crippen molar-refractivity contribution in [3.8, 4) is 5.88 Å². The van der Waals surface area contributed by atoms with Gasteiger partial charge in [0.1, 0.15) is 11.5 Å². The van der Waals surface area contributed by atoms with E-state index in [2.05, 4.69) is 30.7 Å². The summed E-state index contributed by atoms with van der Waals surface area (Å²) in [6, 6.07) is 2.47. The molecule has 4 N–H and O–H groups in total. The highest BCUT2D eigenvalue weighted by molar-refractivity contribution is 6.02. The first-order valence-electron chi connectivity index (χ1n) is 11.2. The topological polar surface area (TPSA) is 143 Å². The van der Waals surface area contributed by atoms with Crippen LogP contribution in [0, 0.1) is 5.92 Å². The molecule has 2 saturated carbocycles. The fourth-order valence-electron chi connectivity index (χ4n) is 3.30. The van der Waals surface area contributed by atoms with Crippen LogP contribution in [0.4, 0.5) is 23.8 Å². The summed E-state index contributed by atoms with van der Waals surface area (Å²) in [6.07, 6.45) is 0.830. The summed E-state index contributed by atoms with van der Waals surface area (Å²) in [5.41, 5.74) is 0.174. The fraction of sp³-hybridized carbons (Fsp3) is 0.619. The summed E-state index contributed by atoms with van der Waals surface area (Å²) < 4.78 is 47.3. The number of amides is 2. The Balaban J connectivity index is 0.000000210. The summed E-state index contributed by atoms with van der Waals surface area (Å²) in [5.74, 6) is 0.269. The molecule has 0 bridgehead atoms. The molecule has 5 rings (SSSR count). The van der Waals surface area contributed by atoms with E-state index in [1.54, 1.807) is 13.8 Å². The fourth-order valence-corrected chi connectivity index (χ4v) is 3.30. The van der Waals surface area contributed by atoms with E-state index in [-0.39, 0.29) is 23.2 Å². The molecular formula is C21H29F3N6O5. The van der Waals surface area contributed by atoms with Gasteiger partial charge in [-0.2, -0.15) is 18.3 Å². The predicted octanol–water partition coefficient (Wildman–Crippen LogP) is 3.59. The molecule has 0 aromatic carbocycles. The van der Waals surface area contributed by atoms with Crippen LogP contribution < -0.4 is 15.4 Å². The molecule has 194 valence electrons. The lowest BCUT2D eigenvalue weighted by Crippen LogP contribution is -2.28. The second kappa shape index (κ2) is 11.0. The monoisotopic (exact) mass is 502 g/mol. The van der Waals surface area contributed by atoms with Crippen molar-refractivity contribution in [2.75, 3.05) is 25.1 Å². The lowest BCUT2D eigenvalue weighted by atomic mass is 10.3. The van der Waals surface area contributed by atoms with E-state index in [1.165, 1.54) is 29.8 Å². The van der Waals surface area contributed by atoms with E-state index in [1.807, 2.05) is 0 Å². The third-order valence-corrected chi connectivity index (χ3v) is 5.43. The Morgan fingerprint density at radius 3 is 2.40 bits per heavy atom. The van der Waals surface area contributed by atoms with Crippen LogP contribution in [0.3, 0.4) is 0 Å². The molecular weight excluding hydrogens is 473 g/mol. The van der Waals surface area contributed by atoms with Crippen molar-refractivity contribution >= 4 is 17.8 Å². The molecule has 35 heavy (non-hydrogen) atoms. The van der Waals surface area contributed by atoms with Crippen LogP contribution in [0.5, 0.6) is 5.88 Å². The number of rotatable bonds is 6. The summed E-state index contributed by atoms with van der Waals surface area (Å²) in [7, 11) is 0. The van der Waals surface area contributed by atoms with Crippen molar-refractivity contribution in [3.63, 3.8) is 0 Å². The third-order valence-electron chi connectivity index (χ3n) is 5.43. The Morgan fingerprint density at radius 1 is 1.34 bits per heavy atom. The van der Waals surface area contributed by atoms with Gasteiger partial charge in [0.25, 0.3) is 5.91 Å². The first-order chi connectivity index (χ1) is 16.5. The number of alkyl halides is 3. The normalized spacial score (nSPS) is 21.6. The molecule has 1 saturated heterocycles. The quantitative estimate of drug-likeness (QED) is 0.473. The van der Waals surface area contributed by atoms with E-state index >= 15 is 0 Å². The highest BCUT2D eigenvalue weighted by Gasteiger charge is 2.70. The van der Waals surface area contributed by atoms with Crippen molar-refractivity contribution in [1.29, 1.82) is 0 Å². The number of anilines is 1. The SMILES string of the molecule is C1CCOC1.CC(C)n1nc(OCC(F)(F)F)cc1C(=O)Nc1ccn[nH]1.O=C(O)NC12CC1C2. The maximum absolute atomic E-state index is 12.2. The van der Waals surface area contributed by atoms with Crippen LogP contribution in [-0.2, 0) is 4.74 Å². The summed E-state index contributed by atoms with van der Waals surface area (Å²) in [5, 5.41) is 23.3. The Kier molecular flexibility index (Phi) is 8.25. The van der Waals surface area contributed by atoms with E-state index in [0.29, 0.717) is 11.7 Å². The minimum Gasteiger partial charge on any atom is -0.467 e. The number of carboxylic acid groups (broad SMARTS) is 1. The highest BCUT2D eigenvalue weighted by Crippen LogP contribution is 2.66. The molecule has 0 unspecified atom stereocenters. The molecule has 0 spiro atoms. The lowest BCUT2D eigenvalue weighted by Gasteiger charge is -2.10. The molecule has 14 heteroatoms. The maximum Gasteiger partial charge on any atom is 0.422 e. The van der Waals surface area contributed by atoms with E-state index < -0.39 is 24.8 Å². The van der Waals surface area contributed by atoms with Crippen LogP contribution in [0.25, 0.3) is 0 Å². The van der Waals surface area contributed by atoms with Crippen LogP contribution in [0.1, 0.15) is 56.1 Å². The molecule has 3 heterocycles. The largest absolute Gasteiger partial charge is 0.467 e. The number of hydrogen-bond acceptors (Lipinski definition) is 6. The van der Waals surface area contributed by atoms with Gasteiger partial charge in [0.15, 0.2) is 6.61 Å². The van der Waals surface area contributed by atoms with Gasteiger partial charge in [-0.3, -0.25) is 14.6 Å². The number of carbonyl (C=O) groups excluding carboxylic acids is 1. The molecule has 11 nitrogen and oxygen atoms in total. The number of nitrogens with one attached hydrogen (secondary N) is 3. The van der Waals surface area contributed by atoms with Gasteiger partial charge < -0.3 is 25.2 Å². The molecule has 3 aliphatic rings. The Hall–Kier alpha value is -3.29. The number of nitrogens with zero attached hydrogens (tertiary/aromatic N) is 3. The maximum atomic E-state index is 12.2. The summed E-state index contributed by atoms with van der Waals surface area (Å²) >= 11 is 0. The molecule has 0 radical (unpaired) electrons. The summed E-state index contributed by atoms with van der Waals surface area (Å²) in [6.45, 7) is 4.02. The van der Waals surface area contributed by atoms with E-state index in [4.69, 9.17) is 9.84 Å². The van der Waals surface area contributed by atoms with Gasteiger partial charge in [-0.1, -0.05) is 0 Å². The van der Waals surface area contributed by atoms with Crippen LogP contribution in [-0.4, -0.2) is 68.6 Å². The van der Waals surface area contributed by atoms with Crippen LogP contribution >= 0.6 is 0 Å². The molecule has 3 fully saturated rings. The zero-order valence-corrected chi connectivity index (χ0v) is 19.4. The van der Waals surface area contributed by atoms with Gasteiger partial charge in [-0.05, 0) is 45.4 Å². The van der Waals surface area contributed by atoms with E-state index in [0.717, 1.165) is 32.1 Å². The predicted molar refractivity (Wildman–Crippen MR) is 117 cm³/mol. The van der Waals surface area contributed by atoms with Gasteiger partial charge in [0, 0.05) is 36.9 Å². The molecule has 2 aliphatic carbocycles. The molecule has 2 amide bonds. The van der Waals surface area contributed by atoms with Gasteiger partial charge in [0.05, 0.1) is 6.20 Å². The van der Waals surface area contributed by atoms with Crippen molar-refractivity contribution in [2.45, 2.75) is 57.3 Å². The number of halogens is 3. The minimum atomic E-state index is -4.47. The first kappa shape index (κ1) is 26.3. The number of hydrogen-bond donors (Lipinski definition) is 4. The molecule has 2 aromatic heterocycles. The van der Waals surface area contributed by atoms with Crippen LogP contribution in [0.2, 0.25) is 0 Å². The van der Waals surface area contributed by atoms with Gasteiger partial charge in [-0.25, -0.2) is 4.79 Å². The number of H-pyrrole nitrogens is 1. The smallest absolute Gasteiger partial charge is 0.422 e. The third kappa shape index (κ3) is 8.16. The number of ether oxygens (including phenoxy) is 2. The zero-order valence-electron chi connectivity index (χ0n) is 19.4. The number of carbonyl (C=O) groups is 2. The number of aromatic amines is 1. The van der Waals surface area contributed by atoms with Gasteiger partial charge >= 0.3 is 12.3 Å². The molecule has 1 aliphatic heterocycles. The van der Waals surface area contributed by atoms with E-state index in [9.17, 15) is 22.8 Å². The Bertz CT molecular complexity index is 975. The average Bonchev–Trinajstić information content (AvgIpc) is 3.32. The number of fused-ring (bicyclic) bond motifs is 1. The van der Waals surface area contributed by atoms with Crippen LogP contribution in [0.15, 0.2) is 18.3 Å². The summed E-state index contributed by atoms with van der Waals surface area (Å²) in [4.78, 5) is 22.1. The first-order valence-corrected chi connectivity index (χ1v) is 11.2. The zero-order chi connectivity index (χ0) is 25.6. The standard InChI is InChI=1S/C12H14F3N5O2.C5H7NO2.C4H8O/c1-7(2)20-8(11(21)17-9-3-4-16-18-9)5-10(19-20)22-6-12(13,14)15;7-4(8)6-5-1-3(5)2-5;1-2-4-5-3-1/h3-5,7H,6H2,1-2H3,(H2,16,17,18,21);3,6H,1-2H2,(H,7,8);1-4H2. The van der Waals surface area contributed by atoms with Gasteiger partial charge in [-0.15, -0.1) is 5.10 Å². The lowest BCUT2D eigenvalue weighted by molar-refractivity contribution is -0.154. The Morgan fingerprint density at radius 2 is 2.00 bits per heavy atom. The second-order valence-electron chi connectivity index (χ2n) is 8.75. The highest BCUT2D eigenvalue weighted by atomic mass is 19.4. The molecule has 0 atom stereocenters. The van der Waals surface area contributed by atoms with Crippen molar-refractivity contribution in [1.82, 2.24) is 25.3 Å².